The van der Waals surface area contributed by atoms with E-state index in [9.17, 15) is 18.0 Å². The van der Waals surface area contributed by atoms with Gasteiger partial charge < -0.3 is 14.2 Å². The van der Waals surface area contributed by atoms with E-state index in [4.69, 9.17) is 27.6 Å². The lowest BCUT2D eigenvalue weighted by molar-refractivity contribution is -0.137. The largest absolute Gasteiger partial charge is 0.422 e. The minimum absolute atomic E-state index is 0.170. The van der Waals surface area contributed by atoms with Crippen LogP contribution in [0.3, 0.4) is 0 Å². The van der Waals surface area contributed by atoms with Crippen LogP contribution >= 0.6 is 23.2 Å². The highest BCUT2D eigenvalue weighted by atomic mass is 35.5. The number of oxazole rings is 1. The molecule has 0 atom stereocenters. The molecule has 4 rings (SSSR count). The molecule has 0 radical (unpaired) electrons. The SMILES string of the molecule is O=C(c1cnc(Cl)c(C(F)(F)F)c1)N1CCN(c2nc3nc(Cl)ccc3o2)CC1. The number of anilines is 1. The van der Waals surface area contributed by atoms with Gasteiger partial charge in [0.05, 0.1) is 11.1 Å². The summed E-state index contributed by atoms with van der Waals surface area (Å²) in [6.45, 7) is 1.32. The van der Waals surface area contributed by atoms with E-state index < -0.39 is 22.8 Å². The first-order chi connectivity index (χ1) is 13.7. The molecule has 1 saturated heterocycles. The Morgan fingerprint density at radius 3 is 2.52 bits per heavy atom. The molecule has 1 aliphatic rings. The van der Waals surface area contributed by atoms with E-state index in [0.29, 0.717) is 35.5 Å². The number of rotatable bonds is 2. The van der Waals surface area contributed by atoms with Gasteiger partial charge >= 0.3 is 6.18 Å². The average Bonchev–Trinajstić information content (AvgIpc) is 3.10. The van der Waals surface area contributed by atoms with Gasteiger partial charge in [0.25, 0.3) is 11.9 Å². The van der Waals surface area contributed by atoms with Gasteiger partial charge in [0.15, 0.2) is 5.58 Å². The fourth-order valence-corrected chi connectivity index (χ4v) is 3.32. The number of fused-ring (bicyclic) bond motifs is 1. The molecule has 0 saturated carbocycles. The van der Waals surface area contributed by atoms with Crippen LogP contribution in [0.5, 0.6) is 0 Å². The Hall–Kier alpha value is -2.59. The number of amides is 1. The minimum atomic E-state index is -4.69. The van der Waals surface area contributed by atoms with Gasteiger partial charge in [-0.05, 0) is 18.2 Å². The number of halogens is 5. The molecule has 7 nitrogen and oxygen atoms in total. The number of pyridine rings is 2. The van der Waals surface area contributed by atoms with E-state index in [0.717, 1.165) is 12.3 Å². The number of aromatic nitrogens is 3. The maximum atomic E-state index is 13.0. The Balaban J connectivity index is 1.47. The second-order valence-corrected chi connectivity index (χ2v) is 7.04. The summed E-state index contributed by atoms with van der Waals surface area (Å²) in [6, 6.07) is 4.31. The van der Waals surface area contributed by atoms with E-state index in [2.05, 4.69) is 15.0 Å². The molecule has 12 heteroatoms. The molecule has 3 aromatic rings. The normalized spacial score (nSPS) is 15.2. The van der Waals surface area contributed by atoms with E-state index in [-0.39, 0.29) is 18.7 Å². The van der Waals surface area contributed by atoms with Crippen molar-refractivity contribution in [1.29, 1.82) is 0 Å². The summed E-state index contributed by atoms with van der Waals surface area (Å²) >= 11 is 11.3. The van der Waals surface area contributed by atoms with Crippen molar-refractivity contribution in [2.24, 2.45) is 0 Å². The van der Waals surface area contributed by atoms with Crippen molar-refractivity contribution in [2.45, 2.75) is 6.18 Å². The van der Waals surface area contributed by atoms with Crippen molar-refractivity contribution in [1.82, 2.24) is 19.9 Å². The molecular formula is C17H12Cl2F3N5O2. The minimum Gasteiger partial charge on any atom is -0.422 e. The third kappa shape index (κ3) is 3.95. The molecule has 29 heavy (non-hydrogen) atoms. The lowest BCUT2D eigenvalue weighted by Gasteiger charge is -2.33. The highest BCUT2D eigenvalue weighted by Gasteiger charge is 2.35. The quantitative estimate of drug-likeness (QED) is 0.556. The Kier molecular flexibility index (Phi) is 4.99. The van der Waals surface area contributed by atoms with Gasteiger partial charge in [-0.25, -0.2) is 9.97 Å². The molecule has 1 amide bonds. The molecule has 3 aromatic heterocycles. The van der Waals surface area contributed by atoms with Gasteiger partial charge in [-0.1, -0.05) is 23.2 Å². The standard InChI is InChI=1S/C17H12Cl2F3N5O2/c18-12-2-1-11-14(24-12)25-16(29-11)27-5-3-26(4-6-27)15(28)9-7-10(17(20,21)22)13(19)23-8-9/h1-2,7-8H,3-6H2. The molecule has 0 N–H and O–H groups in total. The zero-order valence-electron chi connectivity index (χ0n) is 14.6. The number of carbonyl (C=O) groups is 1. The number of carbonyl (C=O) groups excluding carboxylic acids is 1. The van der Waals surface area contributed by atoms with Crippen LogP contribution in [0.25, 0.3) is 11.2 Å². The monoisotopic (exact) mass is 445 g/mol. The highest BCUT2D eigenvalue weighted by Crippen LogP contribution is 2.34. The maximum absolute atomic E-state index is 13.0. The second-order valence-electron chi connectivity index (χ2n) is 6.29. The second kappa shape index (κ2) is 7.34. The Morgan fingerprint density at radius 2 is 1.83 bits per heavy atom. The fourth-order valence-electron chi connectivity index (χ4n) is 2.97. The predicted molar refractivity (Wildman–Crippen MR) is 99.2 cm³/mol. The number of nitrogens with zero attached hydrogens (tertiary/aromatic N) is 5. The molecule has 0 aliphatic carbocycles. The van der Waals surface area contributed by atoms with Crippen molar-refractivity contribution < 1.29 is 22.4 Å². The van der Waals surface area contributed by atoms with E-state index in [1.54, 1.807) is 12.1 Å². The lowest BCUT2D eigenvalue weighted by Crippen LogP contribution is -2.49. The Labute approximate surface area is 172 Å². The Morgan fingerprint density at radius 1 is 1.10 bits per heavy atom. The number of hydrogen-bond donors (Lipinski definition) is 0. The van der Waals surface area contributed by atoms with E-state index >= 15 is 0 Å². The fraction of sp³-hybridized carbons (Fsp3) is 0.294. The molecule has 1 aliphatic heterocycles. The number of hydrogen-bond acceptors (Lipinski definition) is 6. The summed E-state index contributed by atoms with van der Waals surface area (Å²) in [6.07, 6.45) is -3.65. The smallest absolute Gasteiger partial charge is 0.419 e. The first-order valence-corrected chi connectivity index (χ1v) is 9.18. The molecule has 0 spiro atoms. The van der Waals surface area contributed by atoms with Crippen LogP contribution in [0.15, 0.2) is 28.8 Å². The maximum Gasteiger partial charge on any atom is 0.419 e. The van der Waals surface area contributed by atoms with Crippen LogP contribution in [0.4, 0.5) is 19.2 Å². The van der Waals surface area contributed by atoms with Crippen LogP contribution in [0.1, 0.15) is 15.9 Å². The molecule has 0 bridgehead atoms. The van der Waals surface area contributed by atoms with Crippen molar-refractivity contribution in [3.8, 4) is 0 Å². The molecular weight excluding hydrogens is 434 g/mol. The summed E-state index contributed by atoms with van der Waals surface area (Å²) in [4.78, 5) is 27.7. The van der Waals surface area contributed by atoms with Crippen LogP contribution < -0.4 is 4.90 Å². The van der Waals surface area contributed by atoms with Crippen molar-refractivity contribution in [2.75, 3.05) is 31.1 Å². The van der Waals surface area contributed by atoms with Crippen molar-refractivity contribution in [3.63, 3.8) is 0 Å². The van der Waals surface area contributed by atoms with Gasteiger partial charge in [0, 0.05) is 32.4 Å². The van der Waals surface area contributed by atoms with Crippen LogP contribution in [-0.2, 0) is 6.18 Å². The van der Waals surface area contributed by atoms with Gasteiger partial charge in [0.1, 0.15) is 10.3 Å². The van der Waals surface area contributed by atoms with E-state index in [1.165, 1.54) is 4.90 Å². The third-order valence-electron chi connectivity index (χ3n) is 4.44. The number of piperazine rings is 1. The summed E-state index contributed by atoms with van der Waals surface area (Å²) in [5.41, 5.74) is -0.454. The van der Waals surface area contributed by atoms with Gasteiger partial charge in [0.2, 0.25) is 5.65 Å². The van der Waals surface area contributed by atoms with Crippen molar-refractivity contribution >= 4 is 46.4 Å². The zero-order chi connectivity index (χ0) is 20.8. The molecule has 0 aromatic carbocycles. The molecule has 0 unspecified atom stereocenters. The third-order valence-corrected chi connectivity index (χ3v) is 4.95. The molecule has 152 valence electrons. The van der Waals surface area contributed by atoms with Crippen molar-refractivity contribution in [3.05, 3.63) is 45.8 Å². The van der Waals surface area contributed by atoms with Crippen LogP contribution in [-0.4, -0.2) is 51.9 Å². The summed E-state index contributed by atoms with van der Waals surface area (Å²) < 4.78 is 44.6. The van der Waals surface area contributed by atoms with Crippen LogP contribution in [0, 0.1) is 0 Å². The van der Waals surface area contributed by atoms with E-state index in [1.807, 2.05) is 4.90 Å². The van der Waals surface area contributed by atoms with Crippen LogP contribution in [0.2, 0.25) is 10.3 Å². The first kappa shape index (κ1) is 19.7. The average molecular weight is 446 g/mol. The van der Waals surface area contributed by atoms with Gasteiger partial charge in [-0.15, -0.1) is 0 Å². The summed E-state index contributed by atoms with van der Waals surface area (Å²) in [5, 5.41) is -0.397. The summed E-state index contributed by atoms with van der Waals surface area (Å²) in [7, 11) is 0. The predicted octanol–water partition coefficient (Wildman–Crippen LogP) is 3.91. The molecule has 4 heterocycles. The highest BCUT2D eigenvalue weighted by molar-refractivity contribution is 6.30. The van der Waals surface area contributed by atoms with Gasteiger partial charge in [-0.3, -0.25) is 4.79 Å². The molecule has 1 fully saturated rings. The van der Waals surface area contributed by atoms with Gasteiger partial charge in [-0.2, -0.15) is 18.2 Å². The zero-order valence-corrected chi connectivity index (χ0v) is 16.1. The Bertz CT molecular complexity index is 1080. The first-order valence-electron chi connectivity index (χ1n) is 8.42. The topological polar surface area (TPSA) is 75.4 Å². The lowest BCUT2D eigenvalue weighted by atomic mass is 10.1. The summed E-state index contributed by atoms with van der Waals surface area (Å²) in [5.74, 6) is -0.551. The number of alkyl halides is 3.